The Hall–Kier alpha value is -1.59. The first-order valence-electron chi connectivity index (χ1n) is 11.1. The fraction of sp³-hybridized carbons (Fsp3) is 0.857. The van der Waals surface area contributed by atoms with E-state index in [2.05, 4.69) is 5.10 Å². The van der Waals surface area contributed by atoms with Crippen molar-refractivity contribution in [1.29, 1.82) is 0 Å². The minimum absolute atomic E-state index is 0.0342. The topological polar surface area (TPSA) is 60.1 Å². The third kappa shape index (κ3) is 3.99. The molecule has 1 saturated heterocycles. The molecule has 1 amide bonds. The number of carbonyl (C=O) groups is 1. The van der Waals surface area contributed by atoms with E-state index in [0.717, 1.165) is 56.9 Å². The summed E-state index contributed by atoms with van der Waals surface area (Å²) in [5.41, 5.74) is 0.0342. The molecule has 1 aromatic heterocycles. The predicted molar refractivity (Wildman–Crippen MR) is 105 cm³/mol. The van der Waals surface area contributed by atoms with Crippen LogP contribution in [0.25, 0.3) is 0 Å². The number of aryl methyl sites for hydroxylation is 1. The van der Waals surface area contributed by atoms with E-state index in [1.54, 1.807) is 7.05 Å². The molecule has 0 bridgehead atoms. The number of hydrogen-bond acceptors (Lipinski definition) is 3. The fourth-order valence-corrected chi connectivity index (χ4v) is 5.45. The molecule has 4 rings (SSSR count). The first-order chi connectivity index (χ1) is 13.1. The number of likely N-dealkylation sites (tertiary alicyclic amines) is 1. The molecule has 6 heteroatoms. The molecule has 6 nitrogen and oxygen atoms in total. The normalized spacial score (nSPS) is 22.8. The zero-order valence-electron chi connectivity index (χ0n) is 16.7. The van der Waals surface area contributed by atoms with Crippen molar-refractivity contribution in [2.75, 3.05) is 13.1 Å². The van der Waals surface area contributed by atoms with Crippen molar-refractivity contribution in [2.45, 2.75) is 89.0 Å². The lowest BCUT2D eigenvalue weighted by molar-refractivity contribution is -0.132. The summed E-state index contributed by atoms with van der Waals surface area (Å²) < 4.78 is 3.49. The monoisotopic (exact) mass is 374 g/mol. The summed E-state index contributed by atoms with van der Waals surface area (Å²) in [5.74, 6) is 2.38. The van der Waals surface area contributed by atoms with Crippen LogP contribution in [0.1, 0.15) is 94.8 Å². The fourth-order valence-electron chi connectivity index (χ4n) is 5.45. The molecule has 0 N–H and O–H groups in total. The van der Waals surface area contributed by atoms with Crippen molar-refractivity contribution in [3.05, 3.63) is 16.3 Å². The van der Waals surface area contributed by atoms with Crippen LogP contribution in [0.4, 0.5) is 0 Å². The van der Waals surface area contributed by atoms with Crippen LogP contribution in [-0.4, -0.2) is 38.2 Å². The van der Waals surface area contributed by atoms with Crippen molar-refractivity contribution < 1.29 is 4.79 Å². The number of carbonyl (C=O) groups excluding carboxylic acids is 1. The molecule has 2 heterocycles. The summed E-state index contributed by atoms with van der Waals surface area (Å²) in [6, 6.07) is 0.326. The molecule has 27 heavy (non-hydrogen) atoms. The molecular weight excluding hydrogens is 340 g/mol. The van der Waals surface area contributed by atoms with Gasteiger partial charge in [-0.25, -0.2) is 9.48 Å². The van der Waals surface area contributed by atoms with Crippen molar-refractivity contribution in [3.63, 3.8) is 0 Å². The molecule has 2 aliphatic carbocycles. The Morgan fingerprint density at radius 1 is 1.00 bits per heavy atom. The zero-order valence-corrected chi connectivity index (χ0v) is 16.7. The number of rotatable bonds is 5. The Labute approximate surface area is 161 Å². The molecular formula is C21H34N4O2. The second kappa shape index (κ2) is 8.19. The quantitative estimate of drug-likeness (QED) is 0.794. The van der Waals surface area contributed by atoms with Crippen LogP contribution in [0.2, 0.25) is 0 Å². The summed E-state index contributed by atoms with van der Waals surface area (Å²) in [6.45, 7) is 1.62. The Bertz CT molecular complexity index is 702. The van der Waals surface area contributed by atoms with E-state index < -0.39 is 0 Å². The second-order valence-corrected chi connectivity index (χ2v) is 8.92. The maximum atomic E-state index is 12.6. The second-order valence-electron chi connectivity index (χ2n) is 8.92. The minimum atomic E-state index is 0.0342. The van der Waals surface area contributed by atoms with Gasteiger partial charge in [0.2, 0.25) is 5.91 Å². The maximum absolute atomic E-state index is 12.6. The Kier molecular flexibility index (Phi) is 5.69. The third-order valence-corrected chi connectivity index (χ3v) is 7.13. The van der Waals surface area contributed by atoms with Gasteiger partial charge in [-0.05, 0) is 38.0 Å². The number of piperidine rings is 1. The molecule has 1 aliphatic heterocycles. The smallest absolute Gasteiger partial charge is 0.343 e. The van der Waals surface area contributed by atoms with E-state index in [0.29, 0.717) is 24.3 Å². The highest BCUT2D eigenvalue weighted by Gasteiger charge is 2.31. The van der Waals surface area contributed by atoms with Crippen LogP contribution in [0, 0.1) is 5.92 Å². The maximum Gasteiger partial charge on any atom is 0.345 e. The lowest BCUT2D eigenvalue weighted by Crippen LogP contribution is -2.38. The Balaban J connectivity index is 1.36. The first kappa shape index (κ1) is 18.8. The number of nitrogens with zero attached hydrogens (tertiary/aromatic N) is 4. The van der Waals surface area contributed by atoms with Crippen LogP contribution in [0.5, 0.6) is 0 Å². The van der Waals surface area contributed by atoms with Crippen molar-refractivity contribution in [1.82, 2.24) is 19.2 Å². The van der Waals surface area contributed by atoms with E-state index in [1.165, 1.54) is 43.2 Å². The van der Waals surface area contributed by atoms with Gasteiger partial charge in [0.15, 0.2) is 0 Å². The molecule has 2 saturated carbocycles. The van der Waals surface area contributed by atoms with Gasteiger partial charge < -0.3 is 4.90 Å². The molecule has 0 radical (unpaired) electrons. The van der Waals surface area contributed by atoms with Gasteiger partial charge in [-0.1, -0.05) is 38.5 Å². The van der Waals surface area contributed by atoms with E-state index in [4.69, 9.17) is 0 Å². The van der Waals surface area contributed by atoms with Gasteiger partial charge in [0.1, 0.15) is 5.82 Å². The van der Waals surface area contributed by atoms with Crippen LogP contribution < -0.4 is 5.69 Å². The number of aromatic nitrogens is 3. The summed E-state index contributed by atoms with van der Waals surface area (Å²) in [5, 5.41) is 4.60. The van der Waals surface area contributed by atoms with Crippen LogP contribution in [0.15, 0.2) is 4.79 Å². The standard InChI is InChI=1S/C21H34N4O2/c1-23-21(27)25(18-8-4-5-9-18)20(22-23)17-12-14-24(15-13-17)19(26)11-10-16-6-2-3-7-16/h16-18H,2-15H2,1H3. The minimum Gasteiger partial charge on any atom is -0.343 e. The van der Waals surface area contributed by atoms with Crippen LogP contribution in [-0.2, 0) is 11.8 Å². The average molecular weight is 375 g/mol. The first-order valence-corrected chi connectivity index (χ1v) is 11.1. The van der Waals surface area contributed by atoms with E-state index in [1.807, 2.05) is 9.47 Å². The highest BCUT2D eigenvalue weighted by molar-refractivity contribution is 5.76. The molecule has 0 atom stereocenters. The molecule has 150 valence electrons. The van der Waals surface area contributed by atoms with Crippen LogP contribution >= 0.6 is 0 Å². The van der Waals surface area contributed by atoms with Gasteiger partial charge in [-0.3, -0.25) is 9.36 Å². The molecule has 0 aromatic carbocycles. The molecule has 1 aromatic rings. The average Bonchev–Trinajstić information content (AvgIpc) is 3.43. The van der Waals surface area contributed by atoms with Crippen molar-refractivity contribution in [3.8, 4) is 0 Å². The van der Waals surface area contributed by atoms with Crippen molar-refractivity contribution >= 4 is 5.91 Å². The zero-order chi connectivity index (χ0) is 18.8. The number of amides is 1. The highest BCUT2D eigenvalue weighted by Crippen LogP contribution is 2.34. The van der Waals surface area contributed by atoms with Gasteiger partial charge >= 0.3 is 5.69 Å². The molecule has 0 unspecified atom stereocenters. The van der Waals surface area contributed by atoms with Gasteiger partial charge in [0.05, 0.1) is 0 Å². The lowest BCUT2D eigenvalue weighted by atomic mass is 9.94. The largest absolute Gasteiger partial charge is 0.345 e. The highest BCUT2D eigenvalue weighted by atomic mass is 16.2. The predicted octanol–water partition coefficient (Wildman–Crippen LogP) is 3.37. The Morgan fingerprint density at radius 2 is 1.63 bits per heavy atom. The summed E-state index contributed by atoms with van der Waals surface area (Å²) in [7, 11) is 1.76. The van der Waals surface area contributed by atoms with Gasteiger partial charge in [0, 0.05) is 38.5 Å². The lowest BCUT2D eigenvalue weighted by Gasteiger charge is -2.32. The number of hydrogen-bond donors (Lipinski definition) is 0. The molecule has 3 fully saturated rings. The van der Waals surface area contributed by atoms with Crippen LogP contribution in [0.3, 0.4) is 0 Å². The van der Waals surface area contributed by atoms with Crippen molar-refractivity contribution in [2.24, 2.45) is 13.0 Å². The van der Waals surface area contributed by atoms with Gasteiger partial charge in [0.25, 0.3) is 0 Å². The summed E-state index contributed by atoms with van der Waals surface area (Å²) >= 11 is 0. The van der Waals surface area contributed by atoms with E-state index in [9.17, 15) is 9.59 Å². The molecule has 3 aliphatic rings. The van der Waals surface area contributed by atoms with E-state index >= 15 is 0 Å². The molecule has 0 spiro atoms. The van der Waals surface area contributed by atoms with E-state index in [-0.39, 0.29) is 5.69 Å². The Morgan fingerprint density at radius 3 is 2.30 bits per heavy atom. The SMILES string of the molecule is Cn1nc(C2CCN(C(=O)CCC3CCCC3)CC2)n(C2CCCC2)c1=O. The third-order valence-electron chi connectivity index (χ3n) is 7.13. The van der Waals surface area contributed by atoms with Gasteiger partial charge in [-0.2, -0.15) is 5.10 Å². The summed E-state index contributed by atoms with van der Waals surface area (Å²) in [4.78, 5) is 27.2. The van der Waals surface area contributed by atoms with Gasteiger partial charge in [-0.15, -0.1) is 0 Å². The summed E-state index contributed by atoms with van der Waals surface area (Å²) in [6.07, 6.45) is 13.6.